The van der Waals surface area contributed by atoms with E-state index in [2.05, 4.69) is 5.32 Å². The molecule has 3 rings (SSSR count). The monoisotopic (exact) mass is 287 g/mol. The zero-order valence-electron chi connectivity index (χ0n) is 12.1. The van der Waals surface area contributed by atoms with E-state index in [0.29, 0.717) is 18.5 Å². The lowest BCUT2D eigenvalue weighted by Crippen LogP contribution is -2.38. The number of nitrogens with two attached hydrogens (primary N) is 1. The third-order valence-corrected chi connectivity index (χ3v) is 4.65. The number of nitrogens with one attached hydrogen (secondary N) is 1. The number of piperidine rings is 1. The fourth-order valence-electron chi connectivity index (χ4n) is 3.46. The number of hydrogen-bond donors (Lipinski definition) is 2. The van der Waals surface area contributed by atoms with Crippen molar-refractivity contribution in [3.63, 3.8) is 0 Å². The van der Waals surface area contributed by atoms with Gasteiger partial charge in [0.1, 0.15) is 0 Å². The Hall–Kier alpha value is -1.88. The first-order chi connectivity index (χ1) is 10.1. The highest BCUT2D eigenvalue weighted by Gasteiger charge is 2.43. The van der Waals surface area contributed by atoms with E-state index in [9.17, 15) is 9.59 Å². The molecule has 0 aliphatic carbocycles. The third kappa shape index (κ3) is 2.93. The molecule has 0 saturated carbocycles. The number of amides is 2. The molecule has 2 saturated heterocycles. The summed E-state index contributed by atoms with van der Waals surface area (Å²) in [4.78, 5) is 25.4. The molecule has 0 unspecified atom stereocenters. The van der Waals surface area contributed by atoms with Crippen LogP contribution in [0.15, 0.2) is 24.3 Å². The minimum Gasteiger partial charge on any atom is -0.366 e. The van der Waals surface area contributed by atoms with Gasteiger partial charge in [0.05, 0.1) is 0 Å². The zero-order valence-corrected chi connectivity index (χ0v) is 12.1. The smallest absolute Gasteiger partial charge is 0.248 e. The maximum atomic E-state index is 12.3. The number of rotatable bonds is 3. The van der Waals surface area contributed by atoms with Gasteiger partial charge in [-0.1, -0.05) is 12.1 Å². The van der Waals surface area contributed by atoms with E-state index in [0.717, 1.165) is 38.0 Å². The molecule has 3 N–H and O–H groups in total. The van der Waals surface area contributed by atoms with E-state index in [1.807, 2.05) is 17.0 Å². The molecule has 1 spiro atoms. The fraction of sp³-hybridized carbons (Fsp3) is 0.500. The molecule has 112 valence electrons. The first-order valence-corrected chi connectivity index (χ1v) is 7.45. The summed E-state index contributed by atoms with van der Waals surface area (Å²) in [5.41, 5.74) is 6.92. The van der Waals surface area contributed by atoms with Gasteiger partial charge in [-0.3, -0.25) is 9.59 Å². The SMILES string of the molecule is NC(=O)c1cccc(CN2CC3(CCNCC3)CC2=O)c1. The molecule has 0 radical (unpaired) electrons. The summed E-state index contributed by atoms with van der Waals surface area (Å²) >= 11 is 0. The van der Waals surface area contributed by atoms with Crippen LogP contribution in [0.1, 0.15) is 35.2 Å². The van der Waals surface area contributed by atoms with Crippen molar-refractivity contribution in [2.45, 2.75) is 25.8 Å². The molecular weight excluding hydrogens is 266 g/mol. The second kappa shape index (κ2) is 5.48. The molecule has 2 aliphatic heterocycles. The molecule has 5 nitrogen and oxygen atoms in total. The molecule has 2 aliphatic rings. The number of nitrogens with zero attached hydrogens (tertiary/aromatic N) is 1. The van der Waals surface area contributed by atoms with Gasteiger partial charge in [-0.2, -0.15) is 0 Å². The van der Waals surface area contributed by atoms with Gasteiger partial charge in [0, 0.05) is 25.1 Å². The molecule has 21 heavy (non-hydrogen) atoms. The number of primary amides is 1. The van der Waals surface area contributed by atoms with Crippen molar-refractivity contribution in [3.8, 4) is 0 Å². The van der Waals surface area contributed by atoms with Crippen LogP contribution in [0.5, 0.6) is 0 Å². The Morgan fingerprint density at radius 1 is 1.33 bits per heavy atom. The number of benzene rings is 1. The Kier molecular flexibility index (Phi) is 3.68. The zero-order chi connectivity index (χ0) is 14.9. The van der Waals surface area contributed by atoms with Gasteiger partial charge in [-0.05, 0) is 49.0 Å². The van der Waals surface area contributed by atoms with Crippen LogP contribution in [0.25, 0.3) is 0 Å². The summed E-state index contributed by atoms with van der Waals surface area (Å²) in [5.74, 6) is -0.208. The van der Waals surface area contributed by atoms with Crippen LogP contribution in [-0.4, -0.2) is 36.3 Å². The molecule has 2 heterocycles. The van der Waals surface area contributed by atoms with Gasteiger partial charge in [0.25, 0.3) is 0 Å². The molecule has 2 amide bonds. The number of likely N-dealkylation sites (tertiary alicyclic amines) is 1. The first kappa shape index (κ1) is 14.1. The molecular formula is C16H21N3O2. The summed E-state index contributed by atoms with van der Waals surface area (Å²) in [6, 6.07) is 7.23. The Labute approximate surface area is 124 Å². The van der Waals surface area contributed by atoms with E-state index in [1.54, 1.807) is 12.1 Å². The van der Waals surface area contributed by atoms with E-state index < -0.39 is 5.91 Å². The molecule has 5 heteroatoms. The molecule has 0 bridgehead atoms. The van der Waals surface area contributed by atoms with Crippen LogP contribution in [0.3, 0.4) is 0 Å². The average molecular weight is 287 g/mol. The van der Waals surface area contributed by atoms with Crippen molar-refractivity contribution in [2.24, 2.45) is 11.1 Å². The number of hydrogen-bond acceptors (Lipinski definition) is 3. The Bertz CT molecular complexity index is 564. The second-order valence-electron chi connectivity index (χ2n) is 6.24. The van der Waals surface area contributed by atoms with Crippen LogP contribution < -0.4 is 11.1 Å². The van der Waals surface area contributed by atoms with E-state index >= 15 is 0 Å². The van der Waals surface area contributed by atoms with Crippen LogP contribution in [0.2, 0.25) is 0 Å². The summed E-state index contributed by atoms with van der Waals surface area (Å²) in [5, 5.41) is 3.35. The predicted molar refractivity (Wildman–Crippen MR) is 79.5 cm³/mol. The van der Waals surface area contributed by atoms with Gasteiger partial charge in [0.15, 0.2) is 0 Å². The van der Waals surface area contributed by atoms with Crippen molar-refractivity contribution in [1.82, 2.24) is 10.2 Å². The standard InChI is InChI=1S/C16H21N3O2/c17-15(21)13-3-1-2-12(8-13)10-19-11-16(9-14(19)20)4-6-18-7-5-16/h1-3,8,18H,4-7,9-11H2,(H2,17,21). The maximum absolute atomic E-state index is 12.3. The minimum absolute atomic E-state index is 0.156. The van der Waals surface area contributed by atoms with Crippen molar-refractivity contribution in [3.05, 3.63) is 35.4 Å². The van der Waals surface area contributed by atoms with Crippen LogP contribution in [0, 0.1) is 5.41 Å². The normalized spacial score (nSPS) is 21.0. The summed E-state index contributed by atoms with van der Waals surface area (Å²) in [6.07, 6.45) is 2.79. The largest absolute Gasteiger partial charge is 0.366 e. The molecule has 0 aromatic heterocycles. The minimum atomic E-state index is -0.431. The van der Waals surface area contributed by atoms with Crippen molar-refractivity contribution < 1.29 is 9.59 Å². The molecule has 2 fully saturated rings. The Morgan fingerprint density at radius 3 is 2.81 bits per heavy atom. The van der Waals surface area contributed by atoms with Crippen LogP contribution in [-0.2, 0) is 11.3 Å². The molecule has 0 atom stereocenters. The highest BCUT2D eigenvalue weighted by molar-refractivity contribution is 5.92. The molecule has 1 aromatic rings. The van der Waals surface area contributed by atoms with Gasteiger partial charge < -0.3 is 16.0 Å². The van der Waals surface area contributed by atoms with Crippen molar-refractivity contribution in [1.29, 1.82) is 0 Å². The summed E-state index contributed by atoms with van der Waals surface area (Å²) in [7, 11) is 0. The summed E-state index contributed by atoms with van der Waals surface area (Å²) in [6.45, 7) is 3.39. The molecule has 1 aromatic carbocycles. The lowest BCUT2D eigenvalue weighted by molar-refractivity contribution is -0.128. The number of carbonyl (C=O) groups is 2. The van der Waals surface area contributed by atoms with Gasteiger partial charge in [0.2, 0.25) is 11.8 Å². The lowest BCUT2D eigenvalue weighted by atomic mass is 9.78. The van der Waals surface area contributed by atoms with E-state index in [4.69, 9.17) is 5.73 Å². The van der Waals surface area contributed by atoms with Crippen molar-refractivity contribution in [2.75, 3.05) is 19.6 Å². The summed E-state index contributed by atoms with van der Waals surface area (Å²) < 4.78 is 0. The Morgan fingerprint density at radius 2 is 2.10 bits per heavy atom. The highest BCUT2D eigenvalue weighted by atomic mass is 16.2. The first-order valence-electron chi connectivity index (χ1n) is 7.45. The lowest BCUT2D eigenvalue weighted by Gasteiger charge is -2.33. The number of carbonyl (C=O) groups excluding carboxylic acids is 2. The maximum Gasteiger partial charge on any atom is 0.248 e. The highest BCUT2D eigenvalue weighted by Crippen LogP contribution is 2.39. The van der Waals surface area contributed by atoms with E-state index in [1.165, 1.54) is 0 Å². The fourth-order valence-corrected chi connectivity index (χ4v) is 3.46. The average Bonchev–Trinajstić information content (AvgIpc) is 2.75. The van der Waals surface area contributed by atoms with Gasteiger partial charge in [-0.25, -0.2) is 0 Å². The predicted octanol–water partition coefficient (Wildman–Crippen LogP) is 0.888. The van der Waals surface area contributed by atoms with Crippen molar-refractivity contribution >= 4 is 11.8 Å². The Balaban J connectivity index is 1.72. The quantitative estimate of drug-likeness (QED) is 0.867. The van der Waals surface area contributed by atoms with E-state index in [-0.39, 0.29) is 11.3 Å². The van der Waals surface area contributed by atoms with Crippen LogP contribution >= 0.6 is 0 Å². The van der Waals surface area contributed by atoms with Gasteiger partial charge in [-0.15, -0.1) is 0 Å². The van der Waals surface area contributed by atoms with Crippen LogP contribution in [0.4, 0.5) is 0 Å². The van der Waals surface area contributed by atoms with Gasteiger partial charge >= 0.3 is 0 Å². The topological polar surface area (TPSA) is 75.4 Å². The second-order valence-corrected chi connectivity index (χ2v) is 6.24. The third-order valence-electron chi connectivity index (χ3n) is 4.65.